The van der Waals surface area contributed by atoms with Crippen LogP contribution in [0.15, 0.2) is 47.5 Å². The summed E-state index contributed by atoms with van der Waals surface area (Å²) in [6.07, 6.45) is -3.67. The van der Waals surface area contributed by atoms with E-state index in [1.165, 1.54) is 17.5 Å². The monoisotopic (exact) mass is 429 g/mol. The quantitative estimate of drug-likeness (QED) is 0.732. The molecule has 0 spiro atoms. The van der Waals surface area contributed by atoms with Crippen molar-refractivity contribution in [2.24, 2.45) is 0 Å². The first-order valence-corrected chi connectivity index (χ1v) is 10.4. The number of aryl methyl sites for hydroxylation is 1. The highest BCUT2D eigenvalue weighted by Gasteiger charge is 2.36. The van der Waals surface area contributed by atoms with Crippen molar-refractivity contribution in [1.29, 1.82) is 0 Å². The average Bonchev–Trinajstić information content (AvgIpc) is 2.68. The fraction of sp³-hybridized carbons (Fsp3) is 0.421. The zero-order chi connectivity index (χ0) is 21.2. The zero-order valence-corrected chi connectivity index (χ0v) is 16.9. The summed E-state index contributed by atoms with van der Waals surface area (Å²) in [6, 6.07) is 8.51. The maximum atomic E-state index is 13.0. The van der Waals surface area contributed by atoms with Crippen molar-refractivity contribution in [3.05, 3.63) is 53.7 Å². The summed E-state index contributed by atoms with van der Waals surface area (Å²) in [5.41, 5.74) is 0.129. The Bertz CT molecular complexity index is 932. The fourth-order valence-electron chi connectivity index (χ4n) is 3.26. The van der Waals surface area contributed by atoms with Crippen LogP contribution >= 0.6 is 0 Å². The maximum absolute atomic E-state index is 13.0. The van der Waals surface area contributed by atoms with Gasteiger partial charge in [-0.05, 0) is 31.2 Å². The summed E-state index contributed by atoms with van der Waals surface area (Å²) in [5.74, 6) is 0.354. The maximum Gasteiger partial charge on any atom is 0.417 e. The molecule has 0 N–H and O–H groups in total. The van der Waals surface area contributed by atoms with Gasteiger partial charge in [0.25, 0.3) is 0 Å². The molecular formula is C19H22F3N3O3S. The summed E-state index contributed by atoms with van der Waals surface area (Å²) in [6.45, 7) is 2.72. The number of aromatic nitrogens is 1. The Labute approximate surface area is 168 Å². The SMILES string of the molecule is COCC1CN(S(=O)(=O)c2ccc(C)cc2)CCN1c1ccc(C(F)(F)F)cn1. The Balaban J connectivity index is 1.81. The minimum Gasteiger partial charge on any atom is -0.382 e. The van der Waals surface area contributed by atoms with Gasteiger partial charge in [0.2, 0.25) is 10.0 Å². The van der Waals surface area contributed by atoms with Gasteiger partial charge in [-0.3, -0.25) is 0 Å². The lowest BCUT2D eigenvalue weighted by Gasteiger charge is -2.41. The van der Waals surface area contributed by atoms with Gasteiger partial charge in [-0.2, -0.15) is 17.5 Å². The van der Waals surface area contributed by atoms with E-state index in [1.807, 2.05) is 6.92 Å². The van der Waals surface area contributed by atoms with Crippen LogP contribution < -0.4 is 4.90 Å². The Morgan fingerprint density at radius 3 is 2.38 bits per heavy atom. The van der Waals surface area contributed by atoms with E-state index < -0.39 is 21.8 Å². The highest BCUT2D eigenvalue weighted by Crippen LogP contribution is 2.30. The first-order chi connectivity index (χ1) is 13.6. The van der Waals surface area contributed by atoms with Crippen LogP contribution in [0.2, 0.25) is 0 Å². The number of rotatable bonds is 5. The zero-order valence-electron chi connectivity index (χ0n) is 16.1. The summed E-state index contributed by atoms with van der Waals surface area (Å²) in [5, 5.41) is 0. The second-order valence-corrected chi connectivity index (χ2v) is 8.82. The summed E-state index contributed by atoms with van der Waals surface area (Å²) >= 11 is 0. The van der Waals surface area contributed by atoms with Gasteiger partial charge in [0.15, 0.2) is 0 Å². The van der Waals surface area contributed by atoms with E-state index in [2.05, 4.69) is 4.98 Å². The summed E-state index contributed by atoms with van der Waals surface area (Å²) in [7, 11) is -2.19. The van der Waals surface area contributed by atoms with Gasteiger partial charge in [0.1, 0.15) is 5.82 Å². The molecule has 1 aliphatic heterocycles. The molecule has 158 valence electrons. The van der Waals surface area contributed by atoms with Gasteiger partial charge in [0, 0.05) is 32.9 Å². The molecule has 1 aliphatic rings. The van der Waals surface area contributed by atoms with Crippen LogP contribution in [0.1, 0.15) is 11.1 Å². The van der Waals surface area contributed by atoms with E-state index in [4.69, 9.17) is 4.74 Å². The van der Waals surface area contributed by atoms with Crippen molar-refractivity contribution in [2.75, 3.05) is 38.3 Å². The average molecular weight is 429 g/mol. The van der Waals surface area contributed by atoms with E-state index >= 15 is 0 Å². The van der Waals surface area contributed by atoms with Crippen LogP contribution in [0.3, 0.4) is 0 Å². The lowest BCUT2D eigenvalue weighted by molar-refractivity contribution is -0.137. The van der Waals surface area contributed by atoms with Crippen molar-refractivity contribution in [2.45, 2.75) is 24.0 Å². The number of hydrogen-bond acceptors (Lipinski definition) is 5. The van der Waals surface area contributed by atoms with Crippen LogP contribution in [0, 0.1) is 6.92 Å². The standard InChI is InChI=1S/C19H22F3N3O3S/c1-14-3-6-17(7-4-14)29(26,27)24-9-10-25(16(12-24)13-28-2)18-8-5-15(11-23-18)19(20,21)22/h3-8,11,16H,9-10,12-13H2,1-2H3. The van der Waals surface area contributed by atoms with Crippen molar-refractivity contribution in [3.8, 4) is 0 Å². The van der Waals surface area contributed by atoms with E-state index in [9.17, 15) is 21.6 Å². The van der Waals surface area contributed by atoms with Crippen LogP contribution in [0.5, 0.6) is 0 Å². The Kier molecular flexibility index (Phi) is 6.16. The Morgan fingerprint density at radius 1 is 1.14 bits per heavy atom. The first kappa shape index (κ1) is 21.5. The summed E-state index contributed by atoms with van der Waals surface area (Å²) < 4.78 is 70.9. The minimum atomic E-state index is -4.46. The van der Waals surface area contributed by atoms with Crippen LogP contribution in [-0.2, 0) is 20.9 Å². The molecule has 0 aliphatic carbocycles. The topological polar surface area (TPSA) is 62.7 Å². The van der Waals surface area contributed by atoms with Crippen molar-refractivity contribution >= 4 is 15.8 Å². The fourth-order valence-corrected chi connectivity index (χ4v) is 4.73. The molecule has 1 saturated heterocycles. The van der Waals surface area contributed by atoms with Gasteiger partial charge in [-0.25, -0.2) is 13.4 Å². The predicted octanol–water partition coefficient (Wildman–Crippen LogP) is 2.93. The smallest absolute Gasteiger partial charge is 0.382 e. The molecule has 6 nitrogen and oxygen atoms in total. The number of alkyl halides is 3. The van der Waals surface area contributed by atoms with Gasteiger partial charge in [0.05, 0.1) is 23.1 Å². The second-order valence-electron chi connectivity index (χ2n) is 6.88. The molecule has 1 atom stereocenters. The second kappa shape index (κ2) is 8.29. The number of sulfonamides is 1. The van der Waals surface area contributed by atoms with Crippen molar-refractivity contribution in [1.82, 2.24) is 9.29 Å². The number of piperazine rings is 1. The molecule has 2 aromatic rings. The Hall–Kier alpha value is -2.17. The molecule has 10 heteroatoms. The van der Waals surface area contributed by atoms with Crippen LogP contribution in [0.4, 0.5) is 19.0 Å². The van der Waals surface area contributed by atoms with Gasteiger partial charge in [-0.15, -0.1) is 0 Å². The van der Waals surface area contributed by atoms with E-state index in [0.717, 1.165) is 17.8 Å². The van der Waals surface area contributed by atoms with Crippen molar-refractivity contribution in [3.63, 3.8) is 0 Å². The number of anilines is 1. The molecule has 0 amide bonds. The molecule has 2 heterocycles. The van der Waals surface area contributed by atoms with E-state index in [0.29, 0.717) is 5.82 Å². The van der Waals surface area contributed by atoms with E-state index in [1.54, 1.807) is 29.2 Å². The van der Waals surface area contributed by atoms with Gasteiger partial charge < -0.3 is 9.64 Å². The van der Waals surface area contributed by atoms with Gasteiger partial charge in [-0.1, -0.05) is 17.7 Å². The molecule has 3 rings (SSSR count). The predicted molar refractivity (Wildman–Crippen MR) is 102 cm³/mol. The molecule has 1 aromatic heterocycles. The van der Waals surface area contributed by atoms with Crippen molar-refractivity contribution < 1.29 is 26.3 Å². The van der Waals surface area contributed by atoms with E-state index in [-0.39, 0.29) is 37.2 Å². The minimum absolute atomic E-state index is 0.146. The highest BCUT2D eigenvalue weighted by molar-refractivity contribution is 7.89. The molecule has 0 radical (unpaired) electrons. The molecular weight excluding hydrogens is 407 g/mol. The Morgan fingerprint density at radius 2 is 1.83 bits per heavy atom. The normalized spacial score (nSPS) is 18.8. The number of ether oxygens (including phenoxy) is 1. The highest BCUT2D eigenvalue weighted by atomic mass is 32.2. The third-order valence-electron chi connectivity index (χ3n) is 4.83. The first-order valence-electron chi connectivity index (χ1n) is 8.98. The molecule has 1 aromatic carbocycles. The number of methoxy groups -OCH3 is 1. The number of nitrogens with zero attached hydrogens (tertiary/aromatic N) is 3. The molecule has 0 bridgehead atoms. The molecule has 0 saturated carbocycles. The molecule has 1 unspecified atom stereocenters. The largest absolute Gasteiger partial charge is 0.417 e. The summed E-state index contributed by atoms with van der Waals surface area (Å²) in [4.78, 5) is 5.93. The van der Waals surface area contributed by atoms with Crippen LogP contribution in [-0.4, -0.2) is 57.1 Å². The lowest BCUT2D eigenvalue weighted by Crippen LogP contribution is -2.56. The number of benzene rings is 1. The molecule has 29 heavy (non-hydrogen) atoms. The number of pyridine rings is 1. The lowest BCUT2D eigenvalue weighted by atomic mass is 10.2. The number of halogens is 3. The third-order valence-corrected chi connectivity index (χ3v) is 6.71. The number of hydrogen-bond donors (Lipinski definition) is 0. The van der Waals surface area contributed by atoms with Crippen LogP contribution in [0.25, 0.3) is 0 Å². The third kappa shape index (κ3) is 4.71. The molecule has 1 fully saturated rings. The van der Waals surface area contributed by atoms with Gasteiger partial charge >= 0.3 is 6.18 Å².